The van der Waals surface area contributed by atoms with E-state index in [0.29, 0.717) is 23.6 Å². The second-order valence-electron chi connectivity index (χ2n) is 7.54. The van der Waals surface area contributed by atoms with Gasteiger partial charge in [-0.1, -0.05) is 41.4 Å². The highest BCUT2D eigenvalue weighted by molar-refractivity contribution is 7.89. The van der Waals surface area contributed by atoms with Crippen molar-refractivity contribution in [2.45, 2.75) is 37.7 Å². The summed E-state index contributed by atoms with van der Waals surface area (Å²) in [5.41, 5.74) is 1.42. The molecule has 1 heterocycles. The van der Waals surface area contributed by atoms with Gasteiger partial charge in [-0.15, -0.1) is 0 Å². The molecule has 0 spiro atoms. The van der Waals surface area contributed by atoms with E-state index in [1.165, 1.54) is 11.2 Å². The van der Waals surface area contributed by atoms with Gasteiger partial charge < -0.3 is 10.1 Å². The van der Waals surface area contributed by atoms with Crippen LogP contribution in [-0.2, 0) is 24.3 Å². The Morgan fingerprint density at radius 2 is 1.71 bits per heavy atom. The number of esters is 1. The van der Waals surface area contributed by atoms with Crippen molar-refractivity contribution in [2.24, 2.45) is 5.92 Å². The summed E-state index contributed by atoms with van der Waals surface area (Å²) < 4.78 is 32.3. The second-order valence-corrected chi connectivity index (χ2v) is 9.88. The summed E-state index contributed by atoms with van der Waals surface area (Å²) in [6.07, 6.45) is -0.330. The number of rotatable bonds is 6. The summed E-state index contributed by atoms with van der Waals surface area (Å²) in [5, 5.41) is 3.02. The minimum Gasteiger partial charge on any atom is -0.452 e. The molecule has 31 heavy (non-hydrogen) atoms. The van der Waals surface area contributed by atoms with Crippen LogP contribution in [0, 0.1) is 12.8 Å². The fourth-order valence-electron chi connectivity index (χ4n) is 3.31. The normalized spacial score (nSPS) is 16.5. The first kappa shape index (κ1) is 23.2. The maximum atomic E-state index is 12.8. The van der Waals surface area contributed by atoms with E-state index in [1.54, 1.807) is 48.5 Å². The third kappa shape index (κ3) is 5.64. The van der Waals surface area contributed by atoms with Gasteiger partial charge in [0.15, 0.2) is 6.10 Å². The molecule has 9 heteroatoms. The van der Waals surface area contributed by atoms with Crippen LogP contribution < -0.4 is 5.32 Å². The van der Waals surface area contributed by atoms with E-state index < -0.39 is 33.9 Å². The zero-order valence-electron chi connectivity index (χ0n) is 17.4. The van der Waals surface area contributed by atoms with E-state index >= 15 is 0 Å². The van der Waals surface area contributed by atoms with Gasteiger partial charge in [-0.05, 0) is 51.0 Å². The number of hydrogen-bond acceptors (Lipinski definition) is 5. The molecule has 0 saturated carbocycles. The molecule has 1 aliphatic heterocycles. The summed E-state index contributed by atoms with van der Waals surface area (Å²) >= 11 is 6.03. The molecule has 7 nitrogen and oxygen atoms in total. The topological polar surface area (TPSA) is 92.8 Å². The summed E-state index contributed by atoms with van der Waals surface area (Å²) in [7, 11) is -3.60. The van der Waals surface area contributed by atoms with Crippen molar-refractivity contribution in [1.29, 1.82) is 0 Å². The summed E-state index contributed by atoms with van der Waals surface area (Å²) in [4.78, 5) is 25.1. The summed E-state index contributed by atoms with van der Waals surface area (Å²) in [6, 6.07) is 13.5. The van der Waals surface area contributed by atoms with Crippen molar-refractivity contribution in [3.63, 3.8) is 0 Å². The van der Waals surface area contributed by atoms with E-state index in [0.717, 1.165) is 5.56 Å². The Morgan fingerprint density at radius 3 is 2.32 bits per heavy atom. The molecule has 1 amide bonds. The Bertz CT molecular complexity index is 1050. The van der Waals surface area contributed by atoms with Crippen molar-refractivity contribution in [3.05, 3.63) is 59.1 Å². The number of benzene rings is 2. The molecule has 2 aromatic rings. The third-order valence-electron chi connectivity index (χ3n) is 5.24. The van der Waals surface area contributed by atoms with Crippen LogP contribution in [0.15, 0.2) is 53.4 Å². The quantitative estimate of drug-likeness (QED) is 0.659. The van der Waals surface area contributed by atoms with Crippen LogP contribution in [0.4, 0.5) is 5.69 Å². The molecular weight excluding hydrogens is 440 g/mol. The van der Waals surface area contributed by atoms with Gasteiger partial charge >= 0.3 is 5.97 Å². The largest absolute Gasteiger partial charge is 0.452 e. The highest BCUT2D eigenvalue weighted by Crippen LogP contribution is 2.25. The fourth-order valence-corrected chi connectivity index (χ4v) is 4.96. The Kier molecular flexibility index (Phi) is 7.35. The molecule has 0 radical (unpaired) electrons. The lowest BCUT2D eigenvalue weighted by molar-refractivity contribution is -0.158. The number of halogens is 1. The molecule has 1 unspecified atom stereocenters. The lowest BCUT2D eigenvalue weighted by Crippen LogP contribution is -2.41. The highest BCUT2D eigenvalue weighted by atomic mass is 35.5. The van der Waals surface area contributed by atoms with Gasteiger partial charge in [0.1, 0.15) is 0 Å². The number of piperidine rings is 1. The molecule has 0 aromatic heterocycles. The minimum absolute atomic E-state index is 0.218. The van der Waals surface area contributed by atoms with Gasteiger partial charge in [-0.2, -0.15) is 4.31 Å². The number of aryl methyl sites for hydroxylation is 1. The van der Waals surface area contributed by atoms with Crippen molar-refractivity contribution in [1.82, 2.24) is 4.31 Å². The van der Waals surface area contributed by atoms with Crippen LogP contribution in [0.2, 0.25) is 5.02 Å². The number of anilines is 1. The lowest BCUT2D eigenvalue weighted by Gasteiger charge is -2.30. The zero-order valence-corrected chi connectivity index (χ0v) is 18.9. The molecule has 1 aliphatic rings. The lowest BCUT2D eigenvalue weighted by atomic mass is 9.98. The molecule has 1 atom stereocenters. The smallest absolute Gasteiger partial charge is 0.309 e. The maximum absolute atomic E-state index is 12.8. The molecule has 2 aromatic carbocycles. The molecule has 1 N–H and O–H groups in total. The van der Waals surface area contributed by atoms with Gasteiger partial charge in [0.05, 0.1) is 21.5 Å². The van der Waals surface area contributed by atoms with Gasteiger partial charge in [-0.25, -0.2) is 8.42 Å². The number of hydrogen-bond donors (Lipinski definition) is 1. The predicted molar refractivity (Wildman–Crippen MR) is 118 cm³/mol. The van der Waals surface area contributed by atoms with E-state index in [4.69, 9.17) is 16.3 Å². The zero-order chi connectivity index (χ0) is 22.6. The molecule has 0 bridgehead atoms. The van der Waals surface area contributed by atoms with Crippen LogP contribution in [0.1, 0.15) is 25.3 Å². The van der Waals surface area contributed by atoms with Gasteiger partial charge in [0.25, 0.3) is 5.91 Å². The van der Waals surface area contributed by atoms with Gasteiger partial charge in [0, 0.05) is 13.1 Å². The monoisotopic (exact) mass is 464 g/mol. The number of nitrogens with one attached hydrogen (secondary N) is 1. The number of para-hydroxylation sites is 1. The Hall–Kier alpha value is -2.42. The molecule has 166 valence electrons. The molecule has 1 saturated heterocycles. The van der Waals surface area contributed by atoms with Crippen LogP contribution in [-0.4, -0.2) is 43.8 Å². The molecule has 3 rings (SSSR count). The summed E-state index contributed by atoms with van der Waals surface area (Å²) in [5.74, 6) is -1.45. The van der Waals surface area contributed by atoms with Gasteiger partial charge in [0.2, 0.25) is 10.0 Å². The third-order valence-corrected chi connectivity index (χ3v) is 7.48. The van der Waals surface area contributed by atoms with Crippen LogP contribution in [0.5, 0.6) is 0 Å². The van der Waals surface area contributed by atoms with E-state index in [2.05, 4.69) is 5.32 Å². The van der Waals surface area contributed by atoms with Crippen molar-refractivity contribution >= 4 is 39.2 Å². The van der Waals surface area contributed by atoms with Crippen LogP contribution in [0.25, 0.3) is 0 Å². The second kappa shape index (κ2) is 9.80. The molecule has 1 fully saturated rings. The SMILES string of the molecule is Cc1ccc(S(=O)(=O)N2CCC(C(=O)OC(C)C(=O)Nc3ccccc3Cl)CC2)cc1. The number of sulfonamides is 1. The first-order valence-corrected chi connectivity index (χ1v) is 11.8. The average Bonchev–Trinajstić information content (AvgIpc) is 2.75. The van der Waals surface area contributed by atoms with Gasteiger partial charge in [-0.3, -0.25) is 9.59 Å². The minimum atomic E-state index is -3.60. The molecular formula is C22H25ClN2O5S. The Morgan fingerprint density at radius 1 is 1.10 bits per heavy atom. The Balaban J connectivity index is 1.53. The van der Waals surface area contributed by atoms with Crippen molar-refractivity contribution in [2.75, 3.05) is 18.4 Å². The average molecular weight is 465 g/mol. The maximum Gasteiger partial charge on any atom is 0.309 e. The number of amides is 1. The molecule has 0 aliphatic carbocycles. The van der Waals surface area contributed by atoms with E-state index in [9.17, 15) is 18.0 Å². The van der Waals surface area contributed by atoms with E-state index in [-0.39, 0.29) is 18.0 Å². The number of nitrogens with zero attached hydrogens (tertiary/aromatic N) is 1. The van der Waals surface area contributed by atoms with Crippen LogP contribution >= 0.6 is 11.6 Å². The van der Waals surface area contributed by atoms with Crippen molar-refractivity contribution in [3.8, 4) is 0 Å². The number of carbonyl (C=O) groups is 2. The number of carbonyl (C=O) groups excluding carboxylic acids is 2. The van der Waals surface area contributed by atoms with Crippen molar-refractivity contribution < 1.29 is 22.7 Å². The Labute approximate surface area is 187 Å². The highest BCUT2D eigenvalue weighted by Gasteiger charge is 2.34. The number of ether oxygens (including phenoxy) is 1. The van der Waals surface area contributed by atoms with Crippen LogP contribution in [0.3, 0.4) is 0 Å². The predicted octanol–water partition coefficient (Wildman–Crippen LogP) is 3.62. The van der Waals surface area contributed by atoms with E-state index in [1.807, 2.05) is 6.92 Å². The fraction of sp³-hybridized carbons (Fsp3) is 0.364. The summed E-state index contributed by atoms with van der Waals surface area (Å²) in [6.45, 7) is 3.82. The first-order chi connectivity index (χ1) is 14.7. The first-order valence-electron chi connectivity index (χ1n) is 10.0. The standard InChI is InChI=1S/C22H25ClN2O5S/c1-15-7-9-18(10-8-15)31(28,29)25-13-11-17(12-14-25)22(27)30-16(2)21(26)24-20-6-4-3-5-19(20)23/h3-10,16-17H,11-14H2,1-2H3,(H,24,26).